The van der Waals surface area contributed by atoms with Crippen molar-refractivity contribution in [1.29, 1.82) is 0 Å². The highest BCUT2D eigenvalue weighted by Crippen LogP contribution is 2.15. The van der Waals surface area contributed by atoms with Crippen molar-refractivity contribution in [2.24, 2.45) is 0 Å². The lowest BCUT2D eigenvalue weighted by atomic mass is 10.0. The molecule has 0 heteroatoms. The summed E-state index contributed by atoms with van der Waals surface area (Å²) in [6.07, 6.45) is 33.0. The first-order valence-corrected chi connectivity index (χ1v) is 9.98. The third-order valence-corrected chi connectivity index (χ3v) is 4.76. The third kappa shape index (κ3) is 14.4. The average molecular weight is 292 g/mol. The Kier molecular flexibility index (Phi) is 14.4. The molecular formula is C21H39. The molecular weight excluding hydrogens is 252 g/mol. The van der Waals surface area contributed by atoms with Crippen LogP contribution >= 0.6 is 0 Å². The van der Waals surface area contributed by atoms with Crippen molar-refractivity contribution in [3.8, 4) is 0 Å². The summed E-state index contributed by atoms with van der Waals surface area (Å²) in [6, 6.07) is 0. The highest BCUT2D eigenvalue weighted by Gasteiger charge is 1.95. The molecule has 1 aliphatic rings. The second kappa shape index (κ2) is 16.1. The van der Waals surface area contributed by atoms with Gasteiger partial charge < -0.3 is 0 Å². The topological polar surface area (TPSA) is 0 Å². The number of hydrogen-bond donors (Lipinski definition) is 0. The van der Waals surface area contributed by atoms with E-state index in [9.17, 15) is 0 Å². The summed E-state index contributed by atoms with van der Waals surface area (Å²) in [5.41, 5.74) is 0. The fourth-order valence-electron chi connectivity index (χ4n) is 3.29. The van der Waals surface area contributed by atoms with Gasteiger partial charge in [0.1, 0.15) is 0 Å². The quantitative estimate of drug-likeness (QED) is 0.427. The van der Waals surface area contributed by atoms with E-state index in [4.69, 9.17) is 0 Å². The first-order chi connectivity index (χ1) is 10.5. The Labute approximate surface area is 134 Å². The zero-order valence-electron chi connectivity index (χ0n) is 14.5. The lowest BCUT2D eigenvalue weighted by Gasteiger charge is -2.03. The molecule has 123 valence electrons. The van der Waals surface area contributed by atoms with Gasteiger partial charge in [-0.15, -0.1) is 0 Å². The smallest absolute Gasteiger partial charge is 0.0171 e. The van der Waals surface area contributed by atoms with Gasteiger partial charge >= 0.3 is 0 Å². The molecule has 1 radical (unpaired) electrons. The van der Waals surface area contributed by atoms with Crippen LogP contribution in [0.3, 0.4) is 0 Å². The Hall–Kier alpha value is -0.260. The summed E-state index contributed by atoms with van der Waals surface area (Å²) in [6.45, 7) is 0. The van der Waals surface area contributed by atoms with Gasteiger partial charge in [-0.05, 0) is 25.7 Å². The maximum Gasteiger partial charge on any atom is -0.0171 e. The Balaban J connectivity index is 2.05. The van der Waals surface area contributed by atoms with Crippen LogP contribution in [0, 0.1) is 6.42 Å². The van der Waals surface area contributed by atoms with Crippen molar-refractivity contribution < 1.29 is 0 Å². The van der Waals surface area contributed by atoms with Crippen LogP contribution in [0.25, 0.3) is 0 Å². The maximum atomic E-state index is 2.38. The first kappa shape index (κ1) is 18.8. The lowest BCUT2D eigenvalue weighted by molar-refractivity contribution is 0.528. The van der Waals surface area contributed by atoms with Crippen LogP contribution in [0.15, 0.2) is 12.2 Å². The van der Waals surface area contributed by atoms with Crippen LogP contribution in [0.2, 0.25) is 0 Å². The van der Waals surface area contributed by atoms with Crippen molar-refractivity contribution in [3.63, 3.8) is 0 Å². The van der Waals surface area contributed by atoms with Crippen LogP contribution in [0.1, 0.15) is 116 Å². The molecule has 0 fully saturated rings. The fraction of sp³-hybridized carbons (Fsp3) is 0.857. The van der Waals surface area contributed by atoms with Crippen molar-refractivity contribution in [2.75, 3.05) is 0 Å². The van der Waals surface area contributed by atoms with Gasteiger partial charge in [-0.3, -0.25) is 0 Å². The van der Waals surface area contributed by atoms with E-state index in [0.717, 1.165) is 0 Å². The van der Waals surface area contributed by atoms with Crippen molar-refractivity contribution >= 4 is 0 Å². The number of rotatable bonds is 0. The molecule has 0 atom stereocenters. The van der Waals surface area contributed by atoms with E-state index in [2.05, 4.69) is 18.6 Å². The van der Waals surface area contributed by atoms with Gasteiger partial charge in [-0.25, -0.2) is 0 Å². The van der Waals surface area contributed by atoms with Crippen molar-refractivity contribution in [2.45, 2.75) is 116 Å². The molecule has 0 bridgehead atoms. The van der Waals surface area contributed by atoms with Crippen LogP contribution in [-0.4, -0.2) is 0 Å². The minimum Gasteiger partial charge on any atom is -0.0882 e. The molecule has 0 amide bonds. The minimum atomic E-state index is 1.29. The van der Waals surface area contributed by atoms with E-state index in [1.807, 2.05) is 0 Å². The Morgan fingerprint density at radius 2 is 0.667 bits per heavy atom. The van der Waals surface area contributed by atoms with Crippen LogP contribution in [0.4, 0.5) is 0 Å². The van der Waals surface area contributed by atoms with Gasteiger partial charge in [-0.2, -0.15) is 0 Å². The monoisotopic (exact) mass is 291 g/mol. The van der Waals surface area contributed by atoms with Gasteiger partial charge in [0.05, 0.1) is 0 Å². The second-order valence-corrected chi connectivity index (χ2v) is 6.90. The summed E-state index contributed by atoms with van der Waals surface area (Å²) < 4.78 is 0. The molecule has 0 N–H and O–H groups in total. The Morgan fingerprint density at radius 1 is 0.333 bits per heavy atom. The summed E-state index contributed by atoms with van der Waals surface area (Å²) in [7, 11) is 0. The summed E-state index contributed by atoms with van der Waals surface area (Å²) in [4.78, 5) is 0. The fourth-order valence-corrected chi connectivity index (χ4v) is 3.29. The minimum absolute atomic E-state index is 1.29. The molecule has 1 aliphatic carbocycles. The largest absolute Gasteiger partial charge is 0.0882 e. The lowest BCUT2D eigenvalue weighted by Crippen LogP contribution is -1.83. The standard InChI is InChI=1S/C21H39/c1-2-4-6-8-10-12-14-16-18-20-21-19-17-15-13-11-9-7-5-3-1/h1-3H,4-21H2. The van der Waals surface area contributed by atoms with Crippen molar-refractivity contribution in [1.82, 2.24) is 0 Å². The van der Waals surface area contributed by atoms with Gasteiger partial charge in [0.15, 0.2) is 0 Å². The highest BCUT2D eigenvalue weighted by molar-refractivity contribution is 4.94. The van der Waals surface area contributed by atoms with E-state index in [0.29, 0.717) is 0 Å². The molecule has 0 unspecified atom stereocenters. The Morgan fingerprint density at radius 3 is 1.10 bits per heavy atom. The molecule has 0 saturated heterocycles. The van der Waals surface area contributed by atoms with E-state index in [1.165, 1.54) is 116 Å². The molecule has 0 heterocycles. The molecule has 21 heavy (non-hydrogen) atoms. The van der Waals surface area contributed by atoms with Crippen LogP contribution in [-0.2, 0) is 0 Å². The van der Waals surface area contributed by atoms with Gasteiger partial charge in [0.25, 0.3) is 0 Å². The van der Waals surface area contributed by atoms with Crippen LogP contribution < -0.4 is 0 Å². The molecule has 0 aromatic heterocycles. The molecule has 0 aromatic carbocycles. The van der Waals surface area contributed by atoms with E-state index in [-0.39, 0.29) is 0 Å². The van der Waals surface area contributed by atoms with Crippen LogP contribution in [0.5, 0.6) is 0 Å². The van der Waals surface area contributed by atoms with Gasteiger partial charge in [-0.1, -0.05) is 108 Å². The average Bonchev–Trinajstić information content (AvgIpc) is 2.50. The van der Waals surface area contributed by atoms with E-state index >= 15 is 0 Å². The van der Waals surface area contributed by atoms with E-state index in [1.54, 1.807) is 0 Å². The first-order valence-electron chi connectivity index (χ1n) is 9.98. The maximum absolute atomic E-state index is 2.38. The summed E-state index contributed by atoms with van der Waals surface area (Å²) in [5, 5.41) is 0. The normalized spacial score (nSPS) is 23.2. The molecule has 0 nitrogen and oxygen atoms in total. The Bertz CT molecular complexity index is 194. The predicted molar refractivity (Wildman–Crippen MR) is 96.5 cm³/mol. The highest BCUT2D eigenvalue weighted by atomic mass is 14.0. The molecule has 1 rings (SSSR count). The zero-order chi connectivity index (χ0) is 14.8. The number of hydrogen-bond acceptors (Lipinski definition) is 0. The van der Waals surface area contributed by atoms with E-state index < -0.39 is 0 Å². The van der Waals surface area contributed by atoms with Gasteiger partial charge in [0, 0.05) is 0 Å². The third-order valence-electron chi connectivity index (χ3n) is 4.76. The summed E-state index contributed by atoms with van der Waals surface area (Å²) in [5.74, 6) is 0. The molecule has 0 saturated carbocycles. The molecule has 0 aromatic rings. The van der Waals surface area contributed by atoms with Gasteiger partial charge in [0.2, 0.25) is 0 Å². The number of allylic oxidation sites excluding steroid dienone is 2. The van der Waals surface area contributed by atoms with Crippen molar-refractivity contribution in [3.05, 3.63) is 18.6 Å². The second-order valence-electron chi connectivity index (χ2n) is 6.90. The zero-order valence-corrected chi connectivity index (χ0v) is 14.5. The predicted octanol–water partition coefficient (Wildman–Crippen LogP) is 7.78. The SMILES string of the molecule is [CH]1C=CCCCCCCCCCCCCCCCCCC1. The summed E-state index contributed by atoms with van der Waals surface area (Å²) >= 11 is 0. The molecule has 0 spiro atoms. The molecule has 0 aliphatic heterocycles.